The van der Waals surface area contributed by atoms with Gasteiger partial charge in [0, 0.05) is 0 Å². The largest absolute Gasteiger partial charge is 0.907 e. The van der Waals surface area contributed by atoms with Crippen molar-refractivity contribution in [1.29, 1.82) is 0 Å². The first-order valence-electron chi connectivity index (χ1n) is 24.9. The molecule has 0 amide bonds. The Bertz CT molecular complexity index is 532. The maximum Gasteiger partial charge on any atom is 0.0766 e. The lowest BCUT2D eigenvalue weighted by Crippen LogP contribution is -3.05. The first-order valence-corrected chi connectivity index (χ1v) is 24.9. The molecule has 0 rings (SSSR count). The van der Waals surface area contributed by atoms with E-state index < -0.39 is 7.32 Å². The van der Waals surface area contributed by atoms with Crippen molar-refractivity contribution in [3.05, 3.63) is 0 Å². The molecule has 0 aromatic carbocycles. The number of hydrogen-bond acceptors (Lipinski definition) is 3. The van der Waals surface area contributed by atoms with Crippen LogP contribution in [0, 0.1) is 0 Å². The Kier molecular flexibility index (Phi) is 65.0. The molecule has 0 saturated heterocycles. The van der Waals surface area contributed by atoms with Gasteiger partial charge in [0.25, 0.3) is 0 Å². The summed E-state index contributed by atoms with van der Waals surface area (Å²) in [4.78, 5) is 4.78. The van der Waals surface area contributed by atoms with Gasteiger partial charge in [-0.2, -0.15) is 0 Å². The van der Waals surface area contributed by atoms with Crippen molar-refractivity contribution in [2.24, 2.45) is 0 Å². The van der Waals surface area contributed by atoms with Crippen molar-refractivity contribution >= 4 is 7.32 Å². The van der Waals surface area contributed by atoms with Crippen molar-refractivity contribution in [2.75, 3.05) is 61.9 Å². The Morgan fingerprint density at radius 2 is 0.345 bits per heavy atom. The van der Waals surface area contributed by atoms with Crippen molar-refractivity contribution in [3.8, 4) is 0 Å². The van der Waals surface area contributed by atoms with E-state index in [0.29, 0.717) is 0 Å². The number of unbranched alkanes of at least 4 members (excludes halogenated alkanes) is 33. The van der Waals surface area contributed by atoms with Crippen LogP contribution in [0.15, 0.2) is 0 Å². The summed E-state index contributed by atoms with van der Waals surface area (Å²) >= 11 is 0. The molecule has 6 nitrogen and oxygen atoms in total. The topological polar surface area (TPSA) is 82.5 Å². The third kappa shape index (κ3) is 82.6. The molecule has 0 aliphatic carbocycles. The van der Waals surface area contributed by atoms with Gasteiger partial charge in [-0.3, -0.25) is 7.32 Å². The Morgan fingerprint density at radius 1 is 0.236 bits per heavy atom. The minimum Gasteiger partial charge on any atom is -0.907 e. The van der Waals surface area contributed by atoms with Gasteiger partial charge in [-0.05, 0) is 38.5 Å². The van der Waals surface area contributed by atoms with Crippen LogP contribution >= 0.6 is 0 Å². The van der Waals surface area contributed by atoms with Crippen molar-refractivity contribution in [1.82, 2.24) is 0 Å². The van der Waals surface area contributed by atoms with E-state index in [0.717, 1.165) is 0 Å². The number of rotatable bonds is 39. The third-order valence-corrected chi connectivity index (χ3v) is 10.6. The zero-order valence-corrected chi connectivity index (χ0v) is 39.9. The van der Waals surface area contributed by atoms with Gasteiger partial charge in [-0.1, -0.05) is 213 Å². The Labute approximate surface area is 349 Å². The second-order valence-corrected chi connectivity index (χ2v) is 17.8. The monoisotopic (exact) mass is 786 g/mol. The Balaban J connectivity index is -0.000000337. The molecule has 0 bridgehead atoms. The normalized spacial score (nSPS) is 11.0. The average molecular weight is 786 g/mol. The van der Waals surface area contributed by atoms with Crippen LogP contribution < -0.4 is 29.8 Å². The van der Waals surface area contributed by atoms with E-state index in [1.165, 1.54) is 251 Å². The van der Waals surface area contributed by atoms with Crippen LogP contribution in [0.25, 0.3) is 0 Å². The van der Waals surface area contributed by atoms with E-state index in [-0.39, 0.29) is 0 Å². The van der Waals surface area contributed by atoms with Crippen molar-refractivity contribution < 1.29 is 29.8 Å². The van der Waals surface area contributed by atoms with Gasteiger partial charge in [0.1, 0.15) is 0 Å². The molecule has 0 aromatic rings. The van der Waals surface area contributed by atoms with Crippen LogP contribution in [-0.2, 0) is 0 Å². The third-order valence-electron chi connectivity index (χ3n) is 10.6. The van der Waals surface area contributed by atoms with E-state index in [9.17, 15) is 0 Å². The van der Waals surface area contributed by atoms with E-state index >= 15 is 0 Å². The molecule has 0 unspecified atom stereocenters. The van der Waals surface area contributed by atoms with Crippen LogP contribution in [-0.4, -0.2) is 69.2 Å². The molecule has 336 valence electrons. The molecule has 3 N–H and O–H groups in total. The van der Waals surface area contributed by atoms with Crippen LogP contribution in [0.2, 0.25) is 0 Å². The highest BCUT2D eigenvalue weighted by molar-refractivity contribution is 6.24. The zero-order valence-electron chi connectivity index (χ0n) is 39.9. The van der Waals surface area contributed by atoms with Crippen LogP contribution in [0.1, 0.15) is 252 Å². The maximum absolute atomic E-state index is 8.42. The van der Waals surface area contributed by atoms with Gasteiger partial charge in [-0.15, -0.1) is 0 Å². The summed E-state index contributed by atoms with van der Waals surface area (Å²) in [7, 11) is 10.6. The fourth-order valence-electron chi connectivity index (χ4n) is 6.96. The second-order valence-electron chi connectivity index (χ2n) is 17.8. The van der Waals surface area contributed by atoms with Crippen LogP contribution in [0.5, 0.6) is 0 Å². The van der Waals surface area contributed by atoms with Gasteiger partial charge in [0.05, 0.1) is 61.9 Å². The quantitative estimate of drug-likeness (QED) is 0.0445. The van der Waals surface area contributed by atoms with Crippen LogP contribution in [0.4, 0.5) is 0 Å². The lowest BCUT2D eigenvalue weighted by atomic mass is 10.1. The number of quaternary nitrogens is 3. The Hall–Kier alpha value is -0.175. The van der Waals surface area contributed by atoms with E-state index in [2.05, 4.69) is 63.1 Å². The summed E-state index contributed by atoms with van der Waals surface area (Å²) in [6, 6.07) is 0. The van der Waals surface area contributed by atoms with Gasteiger partial charge in [0.2, 0.25) is 0 Å². The van der Waals surface area contributed by atoms with Crippen molar-refractivity contribution in [3.63, 3.8) is 0 Å². The van der Waals surface area contributed by atoms with Gasteiger partial charge < -0.3 is 29.8 Å². The molecule has 7 heteroatoms. The maximum atomic E-state index is 8.42. The van der Waals surface area contributed by atoms with Gasteiger partial charge >= 0.3 is 0 Å². The predicted molar refractivity (Wildman–Crippen MR) is 242 cm³/mol. The molecular weight excluding hydrogens is 677 g/mol. The predicted octanol–water partition coefficient (Wildman–Crippen LogP) is 7.55. The zero-order chi connectivity index (χ0) is 41.9. The molecule has 0 aliphatic heterocycles. The number of nitrogens with one attached hydrogen (secondary N) is 3. The minimum absolute atomic E-state index is 1.34. The fraction of sp³-hybridized carbons (Fsp3) is 1.00. The first kappa shape index (κ1) is 61.5. The lowest BCUT2D eigenvalue weighted by Gasteiger charge is -2.35. The minimum atomic E-state index is -2.92. The molecule has 0 radical (unpaired) electrons. The smallest absolute Gasteiger partial charge is 0.0766 e. The number of hydrogen-bond donors (Lipinski definition) is 3. The summed E-state index contributed by atoms with van der Waals surface area (Å²) in [6.45, 7) is 10.9. The highest BCUT2D eigenvalue weighted by Gasteiger charge is 1.98. The second kappa shape index (κ2) is 58.1. The summed E-state index contributed by atoms with van der Waals surface area (Å²) in [5.74, 6) is 0. The van der Waals surface area contributed by atoms with Gasteiger partial charge in [-0.25, -0.2) is 0 Å². The fourth-order valence-corrected chi connectivity index (χ4v) is 6.96. The summed E-state index contributed by atoms with van der Waals surface area (Å²) < 4.78 is 0. The SMILES string of the molecule is CCCCCCCCCCCCCC[NH+](C)C.CCCCCCCCCCCCCC[NH+](C)C.CCCCCCCCCCCCCC[NH+](C)C.[O-]B([O-])[O-]. The Morgan fingerprint density at radius 3 is 0.455 bits per heavy atom. The van der Waals surface area contributed by atoms with Gasteiger partial charge in [0.15, 0.2) is 0 Å². The molecular formula is C48H108BN3O3. The van der Waals surface area contributed by atoms with Crippen LogP contribution in [0.3, 0.4) is 0 Å². The molecule has 0 heterocycles. The highest BCUT2D eigenvalue weighted by Crippen LogP contribution is 2.14. The standard InChI is InChI=1S/3C16H35N.BO3/c3*1-4-5-6-7-8-9-10-11-12-13-14-15-16-17(2)3;2-1(3)4/h3*4-16H2,1-3H3;/q;;;-3/p+3. The lowest BCUT2D eigenvalue weighted by molar-refractivity contribution is -0.858. The molecule has 0 saturated carbocycles. The molecule has 0 atom stereocenters. The van der Waals surface area contributed by atoms with E-state index in [1.807, 2.05) is 0 Å². The summed E-state index contributed by atoms with van der Waals surface area (Å²) in [5.41, 5.74) is 0. The summed E-state index contributed by atoms with van der Waals surface area (Å²) in [6.07, 6.45) is 52.3. The first-order chi connectivity index (χ1) is 26.5. The van der Waals surface area contributed by atoms with Crippen molar-refractivity contribution in [2.45, 2.75) is 252 Å². The molecule has 55 heavy (non-hydrogen) atoms. The summed E-state index contributed by atoms with van der Waals surface area (Å²) in [5, 5.41) is 25.2. The van der Waals surface area contributed by atoms with E-state index in [1.54, 1.807) is 14.7 Å². The molecule has 0 fully saturated rings. The highest BCUT2D eigenvalue weighted by atomic mass is 16.5. The molecule has 0 aliphatic rings. The molecule has 0 spiro atoms. The molecule has 0 aromatic heterocycles. The van der Waals surface area contributed by atoms with E-state index in [4.69, 9.17) is 15.1 Å². The average Bonchev–Trinajstić information content (AvgIpc) is 3.13.